The van der Waals surface area contributed by atoms with Crippen LogP contribution in [0.1, 0.15) is 27.7 Å². The number of aliphatic imine (C=N–C) groups is 1. The fourth-order valence-corrected chi connectivity index (χ4v) is 2.54. The molecule has 0 radical (unpaired) electrons. The highest BCUT2D eigenvalue weighted by molar-refractivity contribution is 5.94. The summed E-state index contributed by atoms with van der Waals surface area (Å²) in [6.45, 7) is 11.8. The predicted molar refractivity (Wildman–Crippen MR) is 102 cm³/mol. The smallest absolute Gasteiger partial charge is 0.337 e. The Morgan fingerprint density at radius 1 is 1.46 bits per heavy atom. The first kappa shape index (κ1) is 19.4. The van der Waals surface area contributed by atoms with Crippen LogP contribution < -0.4 is 5.32 Å². The molecule has 1 aromatic carbocycles. The van der Waals surface area contributed by atoms with Crippen LogP contribution in [0.5, 0.6) is 0 Å². The van der Waals surface area contributed by atoms with E-state index < -0.39 is 5.97 Å². The number of allylic oxidation sites excluding steroid dienone is 1. The molecule has 7 heteroatoms. The number of hydrogen-bond donors (Lipinski definition) is 2. The normalized spacial score (nSPS) is 13.1. The summed E-state index contributed by atoms with van der Waals surface area (Å²) in [5.74, 6) is -1.09. The van der Waals surface area contributed by atoms with Crippen LogP contribution in [0.15, 0.2) is 46.7 Å². The average Bonchev–Trinajstić information content (AvgIpc) is 2.82. The van der Waals surface area contributed by atoms with Crippen LogP contribution in [-0.4, -0.2) is 27.6 Å². The second-order valence-corrected chi connectivity index (χ2v) is 7.20. The number of aromatic nitrogens is 2. The number of carbonyl (C=O) groups is 1. The minimum absolute atomic E-state index is 0.0207. The van der Waals surface area contributed by atoms with Crippen LogP contribution in [0.2, 0.25) is 0 Å². The van der Waals surface area contributed by atoms with E-state index in [0.29, 0.717) is 23.4 Å². The standard InChI is InChI=1S/C19H23FN4O2/c1-12(14(18(25)26)8-9-21-5)22-17-15-10-13(20)6-7-16(15)24(23-17)11-19(2,3)4/h6-10H,5,11H2,1-4H3,(H,22,23)(H,25,26)/b9-8-,14-12-. The second-order valence-electron chi connectivity index (χ2n) is 7.20. The van der Waals surface area contributed by atoms with Gasteiger partial charge in [-0.3, -0.25) is 9.67 Å². The number of halogens is 1. The fourth-order valence-electron chi connectivity index (χ4n) is 2.54. The summed E-state index contributed by atoms with van der Waals surface area (Å²) < 4.78 is 15.6. The van der Waals surface area contributed by atoms with Gasteiger partial charge in [0.2, 0.25) is 0 Å². The van der Waals surface area contributed by atoms with Gasteiger partial charge in [-0.15, -0.1) is 0 Å². The molecule has 0 unspecified atom stereocenters. The molecular weight excluding hydrogens is 335 g/mol. The quantitative estimate of drug-likeness (QED) is 0.461. The van der Waals surface area contributed by atoms with Crippen molar-refractivity contribution in [3.05, 3.63) is 47.6 Å². The van der Waals surface area contributed by atoms with E-state index in [2.05, 4.69) is 42.9 Å². The highest BCUT2D eigenvalue weighted by Gasteiger charge is 2.18. The molecule has 1 heterocycles. The van der Waals surface area contributed by atoms with E-state index in [1.807, 2.05) is 0 Å². The van der Waals surface area contributed by atoms with Crippen LogP contribution in [0.3, 0.4) is 0 Å². The summed E-state index contributed by atoms with van der Waals surface area (Å²) >= 11 is 0. The second kappa shape index (κ2) is 7.51. The van der Waals surface area contributed by atoms with Crippen molar-refractivity contribution in [3.63, 3.8) is 0 Å². The van der Waals surface area contributed by atoms with Crippen LogP contribution >= 0.6 is 0 Å². The van der Waals surface area contributed by atoms with E-state index in [1.165, 1.54) is 24.4 Å². The zero-order valence-corrected chi connectivity index (χ0v) is 15.4. The third-order valence-corrected chi connectivity index (χ3v) is 3.62. The summed E-state index contributed by atoms with van der Waals surface area (Å²) in [6.07, 6.45) is 2.64. The minimum Gasteiger partial charge on any atom is -0.478 e. The van der Waals surface area contributed by atoms with Gasteiger partial charge in [0.25, 0.3) is 0 Å². The molecule has 138 valence electrons. The molecule has 2 rings (SSSR count). The van der Waals surface area contributed by atoms with Gasteiger partial charge in [-0.25, -0.2) is 9.18 Å². The molecule has 0 aliphatic heterocycles. The monoisotopic (exact) mass is 358 g/mol. The maximum Gasteiger partial charge on any atom is 0.337 e. The van der Waals surface area contributed by atoms with Crippen molar-refractivity contribution >= 4 is 29.4 Å². The van der Waals surface area contributed by atoms with E-state index in [4.69, 9.17) is 0 Å². The van der Waals surface area contributed by atoms with Gasteiger partial charge in [0.05, 0.1) is 11.1 Å². The summed E-state index contributed by atoms with van der Waals surface area (Å²) in [7, 11) is 0. The van der Waals surface area contributed by atoms with Gasteiger partial charge < -0.3 is 10.4 Å². The van der Waals surface area contributed by atoms with Crippen molar-refractivity contribution in [1.29, 1.82) is 0 Å². The van der Waals surface area contributed by atoms with Crippen molar-refractivity contribution in [2.24, 2.45) is 10.4 Å². The molecule has 0 saturated carbocycles. The highest BCUT2D eigenvalue weighted by atomic mass is 19.1. The summed E-state index contributed by atoms with van der Waals surface area (Å²) in [6, 6.07) is 4.45. The Labute approximate surface area is 151 Å². The first-order chi connectivity index (χ1) is 12.1. The number of rotatable bonds is 6. The summed E-state index contributed by atoms with van der Waals surface area (Å²) in [4.78, 5) is 15.0. The average molecular weight is 358 g/mol. The molecule has 26 heavy (non-hydrogen) atoms. The lowest BCUT2D eigenvalue weighted by atomic mass is 9.97. The van der Waals surface area contributed by atoms with Crippen molar-refractivity contribution in [3.8, 4) is 0 Å². The Morgan fingerprint density at radius 2 is 2.15 bits per heavy atom. The van der Waals surface area contributed by atoms with E-state index in [0.717, 1.165) is 5.52 Å². The van der Waals surface area contributed by atoms with Gasteiger partial charge in [0.15, 0.2) is 5.82 Å². The van der Waals surface area contributed by atoms with Gasteiger partial charge in [-0.1, -0.05) is 20.8 Å². The summed E-state index contributed by atoms with van der Waals surface area (Å²) in [5.41, 5.74) is 1.13. The van der Waals surface area contributed by atoms with Crippen molar-refractivity contribution in [2.75, 3.05) is 5.32 Å². The number of fused-ring (bicyclic) bond motifs is 1. The van der Waals surface area contributed by atoms with Crippen LogP contribution in [0.4, 0.5) is 10.2 Å². The Bertz CT molecular complexity index is 904. The Morgan fingerprint density at radius 3 is 2.73 bits per heavy atom. The number of carboxylic acid groups (broad SMARTS) is 1. The highest BCUT2D eigenvalue weighted by Crippen LogP contribution is 2.28. The largest absolute Gasteiger partial charge is 0.478 e. The molecule has 0 spiro atoms. The first-order valence-corrected chi connectivity index (χ1v) is 8.12. The van der Waals surface area contributed by atoms with E-state index in [1.54, 1.807) is 17.7 Å². The minimum atomic E-state index is -1.11. The molecule has 0 atom stereocenters. The third-order valence-electron chi connectivity index (χ3n) is 3.62. The lowest BCUT2D eigenvalue weighted by Gasteiger charge is -2.18. The molecule has 0 saturated heterocycles. The number of nitrogens with one attached hydrogen (secondary N) is 1. The molecule has 6 nitrogen and oxygen atoms in total. The molecule has 0 amide bonds. The van der Waals surface area contributed by atoms with Gasteiger partial charge in [-0.05, 0) is 43.3 Å². The maximum atomic E-state index is 13.8. The molecule has 2 aromatic rings. The van der Waals surface area contributed by atoms with Gasteiger partial charge in [0.1, 0.15) is 5.82 Å². The number of benzene rings is 1. The van der Waals surface area contributed by atoms with E-state index >= 15 is 0 Å². The van der Waals surface area contributed by atoms with Crippen molar-refractivity contribution in [2.45, 2.75) is 34.2 Å². The van der Waals surface area contributed by atoms with Gasteiger partial charge in [-0.2, -0.15) is 5.10 Å². The molecule has 0 aliphatic rings. The number of hydrogen-bond acceptors (Lipinski definition) is 4. The molecule has 2 N–H and O–H groups in total. The SMILES string of the molecule is C=N/C=C\C(C(=O)O)=C(/C)Nc1nn(CC(C)(C)C)c2ccc(F)cc12. The van der Waals surface area contributed by atoms with Gasteiger partial charge in [0, 0.05) is 23.8 Å². The Hall–Kier alpha value is -2.96. The molecular formula is C19H23FN4O2. The van der Waals surface area contributed by atoms with E-state index in [-0.39, 0.29) is 16.8 Å². The maximum absolute atomic E-state index is 13.8. The predicted octanol–water partition coefficient (Wildman–Crippen LogP) is 4.21. The van der Waals surface area contributed by atoms with Crippen molar-refractivity contribution in [1.82, 2.24) is 9.78 Å². The molecule has 1 aromatic heterocycles. The summed E-state index contributed by atoms with van der Waals surface area (Å²) in [5, 5.41) is 17.5. The number of carboxylic acids is 1. The Balaban J connectivity index is 2.55. The lowest BCUT2D eigenvalue weighted by Crippen LogP contribution is -2.16. The molecule has 0 fully saturated rings. The zero-order valence-electron chi connectivity index (χ0n) is 15.4. The number of nitrogens with zero attached hydrogens (tertiary/aromatic N) is 3. The van der Waals surface area contributed by atoms with Crippen LogP contribution in [-0.2, 0) is 11.3 Å². The molecule has 0 bridgehead atoms. The molecule has 0 aliphatic carbocycles. The van der Waals surface area contributed by atoms with Crippen LogP contribution in [0, 0.1) is 11.2 Å². The number of anilines is 1. The Kier molecular flexibility index (Phi) is 5.59. The third kappa shape index (κ3) is 4.56. The number of aliphatic carboxylic acids is 1. The van der Waals surface area contributed by atoms with Gasteiger partial charge >= 0.3 is 5.97 Å². The topological polar surface area (TPSA) is 79.5 Å². The van der Waals surface area contributed by atoms with Crippen molar-refractivity contribution < 1.29 is 14.3 Å². The first-order valence-electron chi connectivity index (χ1n) is 8.12. The van der Waals surface area contributed by atoms with Crippen LogP contribution in [0.25, 0.3) is 10.9 Å². The van der Waals surface area contributed by atoms with E-state index in [9.17, 15) is 14.3 Å². The zero-order chi connectivity index (χ0) is 19.5. The lowest BCUT2D eigenvalue weighted by molar-refractivity contribution is -0.132. The fraction of sp³-hybridized carbons (Fsp3) is 0.316.